The summed E-state index contributed by atoms with van der Waals surface area (Å²) in [5.41, 5.74) is 0.927. The van der Waals surface area contributed by atoms with E-state index in [1.165, 1.54) is 0 Å². The van der Waals surface area contributed by atoms with Gasteiger partial charge in [0.25, 0.3) is 0 Å². The van der Waals surface area contributed by atoms with Crippen LogP contribution in [0, 0.1) is 0 Å². The Bertz CT molecular complexity index is 532. The van der Waals surface area contributed by atoms with Crippen LogP contribution in [0.15, 0.2) is 36.4 Å². The van der Waals surface area contributed by atoms with Gasteiger partial charge in [-0.1, -0.05) is 30.3 Å². The zero-order valence-electron chi connectivity index (χ0n) is 9.43. The summed E-state index contributed by atoms with van der Waals surface area (Å²) in [5.74, 6) is 0.855. The molecule has 1 atom stereocenters. The third-order valence-corrected chi connectivity index (χ3v) is 2.97. The van der Waals surface area contributed by atoms with Gasteiger partial charge in [-0.05, 0) is 17.0 Å². The summed E-state index contributed by atoms with van der Waals surface area (Å²) in [4.78, 5) is 0. The molecule has 0 unspecified atom stereocenters. The molecule has 1 heterocycles. The largest absolute Gasteiger partial charge is 0.490 e. The summed E-state index contributed by atoms with van der Waals surface area (Å²) in [6.07, 6.45) is 0.256. The van der Waals surface area contributed by atoms with Crippen LogP contribution < -0.4 is 4.74 Å². The summed E-state index contributed by atoms with van der Waals surface area (Å²) in [6, 6.07) is 11.8. The highest BCUT2D eigenvalue weighted by Gasteiger charge is 2.23. The van der Waals surface area contributed by atoms with E-state index in [4.69, 9.17) is 9.47 Å². The second kappa shape index (κ2) is 4.35. The number of aliphatic hydroxyl groups is 1. The lowest BCUT2D eigenvalue weighted by molar-refractivity contribution is 0.265. The Balaban J connectivity index is 1.99. The first-order chi connectivity index (χ1) is 8.38. The number of epoxide rings is 1. The third kappa shape index (κ3) is 2.12. The second-order valence-corrected chi connectivity index (χ2v) is 4.19. The molecule has 0 radical (unpaired) electrons. The zero-order valence-corrected chi connectivity index (χ0v) is 9.43. The van der Waals surface area contributed by atoms with Crippen molar-refractivity contribution < 1.29 is 14.6 Å². The lowest BCUT2D eigenvalue weighted by Crippen LogP contribution is -2.04. The maximum atomic E-state index is 9.29. The van der Waals surface area contributed by atoms with Crippen molar-refractivity contribution in [2.45, 2.75) is 12.7 Å². The Hall–Kier alpha value is -1.58. The van der Waals surface area contributed by atoms with Crippen LogP contribution in [0.4, 0.5) is 0 Å². The van der Waals surface area contributed by atoms with Crippen LogP contribution in [-0.4, -0.2) is 24.4 Å². The number of aliphatic hydroxyl groups excluding tert-OH is 1. The Labute approximate surface area is 99.6 Å². The number of fused-ring (bicyclic) bond motifs is 1. The molecular weight excluding hydrogens is 216 g/mol. The van der Waals surface area contributed by atoms with E-state index in [1.54, 1.807) is 0 Å². The molecule has 3 rings (SSSR count). The van der Waals surface area contributed by atoms with Crippen molar-refractivity contribution in [1.82, 2.24) is 0 Å². The SMILES string of the molecule is OCc1cccc2c(OC[C@H]3CO3)cccc12. The van der Waals surface area contributed by atoms with E-state index in [2.05, 4.69) is 0 Å². The summed E-state index contributed by atoms with van der Waals surface area (Å²) in [7, 11) is 0. The number of hydrogen-bond donors (Lipinski definition) is 1. The van der Waals surface area contributed by atoms with E-state index in [9.17, 15) is 5.11 Å². The van der Waals surface area contributed by atoms with Crippen LogP contribution in [0.1, 0.15) is 5.56 Å². The highest BCUT2D eigenvalue weighted by molar-refractivity contribution is 5.90. The van der Waals surface area contributed by atoms with Gasteiger partial charge in [0.1, 0.15) is 18.5 Å². The highest BCUT2D eigenvalue weighted by atomic mass is 16.6. The van der Waals surface area contributed by atoms with Gasteiger partial charge in [-0.3, -0.25) is 0 Å². The molecule has 2 aromatic rings. The minimum atomic E-state index is 0.0481. The predicted octanol–water partition coefficient (Wildman–Crippen LogP) is 2.11. The van der Waals surface area contributed by atoms with E-state index < -0.39 is 0 Å². The van der Waals surface area contributed by atoms with Gasteiger partial charge in [0.05, 0.1) is 13.2 Å². The fraction of sp³-hybridized carbons (Fsp3) is 0.286. The summed E-state index contributed by atoms with van der Waals surface area (Å²) >= 11 is 0. The van der Waals surface area contributed by atoms with Gasteiger partial charge in [-0.15, -0.1) is 0 Å². The van der Waals surface area contributed by atoms with Gasteiger partial charge < -0.3 is 14.6 Å². The van der Waals surface area contributed by atoms with E-state index in [1.807, 2.05) is 36.4 Å². The van der Waals surface area contributed by atoms with Gasteiger partial charge in [0, 0.05) is 5.39 Å². The van der Waals surface area contributed by atoms with Gasteiger partial charge in [0.15, 0.2) is 0 Å². The first-order valence-electron chi connectivity index (χ1n) is 5.74. The summed E-state index contributed by atoms with van der Waals surface area (Å²) in [5, 5.41) is 11.4. The third-order valence-electron chi connectivity index (χ3n) is 2.97. The summed E-state index contributed by atoms with van der Waals surface area (Å²) < 4.78 is 10.9. The number of rotatable bonds is 4. The molecule has 3 nitrogen and oxygen atoms in total. The van der Waals surface area contributed by atoms with Crippen LogP contribution in [0.2, 0.25) is 0 Å². The van der Waals surface area contributed by atoms with E-state index in [-0.39, 0.29) is 12.7 Å². The Morgan fingerprint density at radius 3 is 2.71 bits per heavy atom. The fourth-order valence-corrected chi connectivity index (χ4v) is 1.96. The van der Waals surface area contributed by atoms with E-state index in [0.29, 0.717) is 6.61 Å². The number of hydrogen-bond acceptors (Lipinski definition) is 3. The molecule has 17 heavy (non-hydrogen) atoms. The van der Waals surface area contributed by atoms with Gasteiger partial charge in [-0.25, -0.2) is 0 Å². The van der Waals surface area contributed by atoms with Crippen molar-refractivity contribution in [3.63, 3.8) is 0 Å². The fourth-order valence-electron chi connectivity index (χ4n) is 1.96. The Morgan fingerprint density at radius 2 is 1.94 bits per heavy atom. The standard InChI is InChI=1S/C14H14O3/c15-7-10-3-1-5-13-12(10)4-2-6-14(13)17-9-11-8-16-11/h1-6,11,15H,7-9H2/t11-/m1/s1. The zero-order chi connectivity index (χ0) is 11.7. The minimum Gasteiger partial charge on any atom is -0.490 e. The first-order valence-corrected chi connectivity index (χ1v) is 5.74. The molecule has 3 heteroatoms. The topological polar surface area (TPSA) is 42.0 Å². The first kappa shape index (κ1) is 10.6. The van der Waals surface area contributed by atoms with Crippen molar-refractivity contribution in [3.05, 3.63) is 42.0 Å². The van der Waals surface area contributed by atoms with Gasteiger partial charge in [0.2, 0.25) is 0 Å². The van der Waals surface area contributed by atoms with Crippen LogP contribution in [0.5, 0.6) is 5.75 Å². The smallest absolute Gasteiger partial charge is 0.127 e. The lowest BCUT2D eigenvalue weighted by Gasteiger charge is -2.10. The van der Waals surface area contributed by atoms with Crippen molar-refractivity contribution in [2.75, 3.05) is 13.2 Å². The lowest BCUT2D eigenvalue weighted by atomic mass is 10.0. The van der Waals surface area contributed by atoms with Crippen molar-refractivity contribution in [1.29, 1.82) is 0 Å². The minimum absolute atomic E-state index is 0.0481. The van der Waals surface area contributed by atoms with E-state index >= 15 is 0 Å². The molecule has 2 aromatic carbocycles. The molecule has 1 N–H and O–H groups in total. The Kier molecular flexibility index (Phi) is 2.71. The van der Waals surface area contributed by atoms with Crippen LogP contribution in [0.3, 0.4) is 0 Å². The van der Waals surface area contributed by atoms with Crippen LogP contribution >= 0.6 is 0 Å². The average molecular weight is 230 g/mol. The quantitative estimate of drug-likeness (QED) is 0.818. The maximum Gasteiger partial charge on any atom is 0.127 e. The Morgan fingerprint density at radius 1 is 1.18 bits per heavy atom. The monoisotopic (exact) mass is 230 g/mol. The van der Waals surface area contributed by atoms with Crippen molar-refractivity contribution in [2.24, 2.45) is 0 Å². The average Bonchev–Trinajstić information content (AvgIpc) is 3.19. The maximum absolute atomic E-state index is 9.29. The molecule has 0 aromatic heterocycles. The molecule has 0 bridgehead atoms. The molecule has 88 valence electrons. The molecule has 0 aliphatic carbocycles. The molecule has 1 aliphatic rings. The van der Waals surface area contributed by atoms with Crippen LogP contribution in [0.25, 0.3) is 10.8 Å². The highest BCUT2D eigenvalue weighted by Crippen LogP contribution is 2.28. The van der Waals surface area contributed by atoms with Crippen molar-refractivity contribution in [3.8, 4) is 5.75 Å². The van der Waals surface area contributed by atoms with Crippen molar-refractivity contribution >= 4 is 10.8 Å². The van der Waals surface area contributed by atoms with Gasteiger partial charge in [-0.2, -0.15) is 0 Å². The van der Waals surface area contributed by atoms with Crippen LogP contribution in [-0.2, 0) is 11.3 Å². The molecule has 0 saturated carbocycles. The van der Waals surface area contributed by atoms with E-state index in [0.717, 1.165) is 28.7 Å². The predicted molar refractivity (Wildman–Crippen MR) is 65.1 cm³/mol. The molecular formula is C14H14O3. The molecule has 1 aliphatic heterocycles. The molecule has 1 fully saturated rings. The van der Waals surface area contributed by atoms with Gasteiger partial charge >= 0.3 is 0 Å². The molecule has 1 saturated heterocycles. The molecule has 0 spiro atoms. The molecule has 0 amide bonds. The summed E-state index contributed by atoms with van der Waals surface area (Å²) in [6.45, 7) is 1.45. The second-order valence-electron chi connectivity index (χ2n) is 4.19. The number of benzene rings is 2. The number of ether oxygens (including phenoxy) is 2. The normalized spacial score (nSPS) is 18.3.